The quantitative estimate of drug-likeness (QED) is 0.598. The first kappa shape index (κ1) is 18.7. The SMILES string of the molecule is COCOCC[C@H]1[C@@H](c2ccc(OC)cc2)CC[C@]2(C)[C@@H](O)CC[C@@H]12. The highest BCUT2D eigenvalue weighted by atomic mass is 16.7. The summed E-state index contributed by atoms with van der Waals surface area (Å²) in [4.78, 5) is 0. The largest absolute Gasteiger partial charge is 0.497 e. The van der Waals surface area contributed by atoms with Crippen molar-refractivity contribution in [2.24, 2.45) is 17.3 Å². The molecule has 1 aromatic carbocycles. The highest BCUT2D eigenvalue weighted by Crippen LogP contribution is 2.59. The monoisotopic (exact) mass is 348 g/mol. The van der Waals surface area contributed by atoms with Gasteiger partial charge in [0.2, 0.25) is 0 Å². The molecule has 0 bridgehead atoms. The maximum atomic E-state index is 10.6. The molecule has 4 nitrogen and oxygen atoms in total. The zero-order chi connectivity index (χ0) is 17.9. The van der Waals surface area contributed by atoms with Gasteiger partial charge in [0.15, 0.2) is 0 Å². The molecule has 4 heteroatoms. The van der Waals surface area contributed by atoms with Crippen molar-refractivity contribution in [2.75, 3.05) is 27.6 Å². The Morgan fingerprint density at radius 2 is 1.88 bits per heavy atom. The molecule has 2 aliphatic carbocycles. The summed E-state index contributed by atoms with van der Waals surface area (Å²) in [5.74, 6) is 2.54. The molecule has 2 fully saturated rings. The summed E-state index contributed by atoms with van der Waals surface area (Å²) in [5, 5.41) is 10.6. The number of hydrogen-bond donors (Lipinski definition) is 1. The lowest BCUT2D eigenvalue weighted by Gasteiger charge is -2.48. The Hall–Kier alpha value is -1.10. The standard InChI is InChI=1S/C21H32O4/c1-21-12-10-17(15-4-6-16(24-3)7-5-15)18(11-13-25-14-23-2)19(21)8-9-20(21)22/h4-7,17-20,22H,8-14H2,1-3H3/t17-,18+,19+,20+,21+/m1/s1. The minimum atomic E-state index is -0.156. The van der Waals surface area contributed by atoms with Gasteiger partial charge in [0, 0.05) is 13.7 Å². The summed E-state index contributed by atoms with van der Waals surface area (Å²) in [6.07, 6.45) is 5.16. The Kier molecular flexibility index (Phi) is 6.03. The van der Waals surface area contributed by atoms with Gasteiger partial charge in [-0.1, -0.05) is 19.1 Å². The molecule has 0 saturated heterocycles. The van der Waals surface area contributed by atoms with Gasteiger partial charge >= 0.3 is 0 Å². The first-order valence-electron chi connectivity index (χ1n) is 9.49. The van der Waals surface area contributed by atoms with Crippen molar-refractivity contribution < 1.29 is 19.3 Å². The number of rotatable bonds is 7. The van der Waals surface area contributed by atoms with E-state index in [1.54, 1.807) is 14.2 Å². The third kappa shape index (κ3) is 3.71. The van der Waals surface area contributed by atoms with E-state index in [0.29, 0.717) is 31.2 Å². The van der Waals surface area contributed by atoms with E-state index in [1.807, 2.05) is 0 Å². The number of hydrogen-bond acceptors (Lipinski definition) is 4. The highest BCUT2D eigenvalue weighted by molar-refractivity contribution is 5.30. The van der Waals surface area contributed by atoms with Crippen molar-refractivity contribution in [3.63, 3.8) is 0 Å². The molecule has 0 unspecified atom stereocenters. The average Bonchev–Trinajstić information content (AvgIpc) is 2.94. The predicted octanol–water partition coefficient (Wildman–Crippen LogP) is 3.98. The normalized spacial score (nSPS) is 34.7. The summed E-state index contributed by atoms with van der Waals surface area (Å²) < 4.78 is 15.9. The van der Waals surface area contributed by atoms with Gasteiger partial charge < -0.3 is 19.3 Å². The van der Waals surface area contributed by atoms with Crippen LogP contribution in [0.1, 0.15) is 50.5 Å². The molecule has 5 atom stereocenters. The molecule has 140 valence electrons. The van der Waals surface area contributed by atoms with Crippen molar-refractivity contribution in [3.05, 3.63) is 29.8 Å². The fourth-order valence-corrected chi connectivity index (χ4v) is 5.29. The Morgan fingerprint density at radius 1 is 1.12 bits per heavy atom. The molecular weight excluding hydrogens is 316 g/mol. The van der Waals surface area contributed by atoms with Crippen LogP contribution in [0.15, 0.2) is 24.3 Å². The van der Waals surface area contributed by atoms with Crippen LogP contribution in [0.4, 0.5) is 0 Å². The van der Waals surface area contributed by atoms with E-state index in [4.69, 9.17) is 14.2 Å². The van der Waals surface area contributed by atoms with Crippen LogP contribution in [0.2, 0.25) is 0 Å². The van der Waals surface area contributed by atoms with E-state index in [9.17, 15) is 5.11 Å². The Balaban J connectivity index is 1.79. The minimum absolute atomic E-state index is 0.0644. The first-order valence-corrected chi connectivity index (χ1v) is 9.49. The lowest BCUT2D eigenvalue weighted by molar-refractivity contribution is -0.0547. The topological polar surface area (TPSA) is 47.9 Å². The van der Waals surface area contributed by atoms with Crippen LogP contribution < -0.4 is 4.74 Å². The molecule has 25 heavy (non-hydrogen) atoms. The molecule has 0 aliphatic heterocycles. The number of aliphatic hydroxyl groups is 1. The van der Waals surface area contributed by atoms with Gasteiger partial charge in [-0.2, -0.15) is 0 Å². The van der Waals surface area contributed by atoms with Crippen molar-refractivity contribution in [1.82, 2.24) is 0 Å². The molecule has 3 rings (SSSR count). The van der Waals surface area contributed by atoms with Crippen LogP contribution in [-0.2, 0) is 9.47 Å². The maximum Gasteiger partial charge on any atom is 0.146 e. The first-order chi connectivity index (χ1) is 12.1. The second-order valence-corrected chi connectivity index (χ2v) is 7.89. The molecule has 0 amide bonds. The van der Waals surface area contributed by atoms with Gasteiger partial charge in [0.1, 0.15) is 12.5 Å². The van der Waals surface area contributed by atoms with Crippen LogP contribution in [0.3, 0.4) is 0 Å². The van der Waals surface area contributed by atoms with Gasteiger partial charge in [-0.05, 0) is 73.0 Å². The average molecular weight is 348 g/mol. The Bertz CT molecular complexity index is 543. The Labute approximate surface area is 151 Å². The zero-order valence-corrected chi connectivity index (χ0v) is 15.7. The second kappa shape index (κ2) is 8.07. The third-order valence-corrected chi connectivity index (χ3v) is 6.73. The predicted molar refractivity (Wildman–Crippen MR) is 97.7 cm³/mol. The van der Waals surface area contributed by atoms with Crippen LogP contribution in [0.25, 0.3) is 0 Å². The van der Waals surface area contributed by atoms with Crippen LogP contribution >= 0.6 is 0 Å². The van der Waals surface area contributed by atoms with Crippen LogP contribution in [-0.4, -0.2) is 38.8 Å². The van der Waals surface area contributed by atoms with Crippen LogP contribution in [0, 0.1) is 17.3 Å². The fraction of sp³-hybridized carbons (Fsp3) is 0.714. The van der Waals surface area contributed by atoms with Crippen molar-refractivity contribution in [2.45, 2.75) is 51.0 Å². The number of methoxy groups -OCH3 is 2. The van der Waals surface area contributed by atoms with Gasteiger partial charge in [-0.3, -0.25) is 0 Å². The van der Waals surface area contributed by atoms with Crippen molar-refractivity contribution >= 4 is 0 Å². The molecule has 1 N–H and O–H groups in total. The lowest BCUT2D eigenvalue weighted by Crippen LogP contribution is -2.42. The summed E-state index contributed by atoms with van der Waals surface area (Å²) in [5.41, 5.74) is 1.45. The molecule has 0 aromatic heterocycles. The van der Waals surface area contributed by atoms with Gasteiger partial charge in [-0.25, -0.2) is 0 Å². The van der Waals surface area contributed by atoms with E-state index < -0.39 is 0 Å². The van der Waals surface area contributed by atoms with E-state index in [2.05, 4.69) is 31.2 Å². The van der Waals surface area contributed by atoms with E-state index in [0.717, 1.165) is 37.9 Å². The number of benzene rings is 1. The molecule has 0 spiro atoms. The number of fused-ring (bicyclic) bond motifs is 1. The van der Waals surface area contributed by atoms with Gasteiger partial charge in [0.25, 0.3) is 0 Å². The zero-order valence-electron chi connectivity index (χ0n) is 15.7. The minimum Gasteiger partial charge on any atom is -0.497 e. The smallest absolute Gasteiger partial charge is 0.146 e. The summed E-state index contributed by atoms with van der Waals surface area (Å²) >= 11 is 0. The third-order valence-electron chi connectivity index (χ3n) is 6.73. The molecule has 2 saturated carbocycles. The summed E-state index contributed by atoms with van der Waals surface area (Å²) in [6.45, 7) is 3.36. The van der Waals surface area contributed by atoms with Crippen molar-refractivity contribution in [1.29, 1.82) is 0 Å². The highest BCUT2D eigenvalue weighted by Gasteiger charge is 2.53. The van der Waals surface area contributed by atoms with Crippen molar-refractivity contribution in [3.8, 4) is 5.75 Å². The van der Waals surface area contributed by atoms with Crippen LogP contribution in [0.5, 0.6) is 5.75 Å². The maximum absolute atomic E-state index is 10.6. The van der Waals surface area contributed by atoms with Gasteiger partial charge in [-0.15, -0.1) is 0 Å². The van der Waals surface area contributed by atoms with E-state index in [-0.39, 0.29) is 11.5 Å². The number of ether oxygens (including phenoxy) is 3. The molecule has 0 heterocycles. The fourth-order valence-electron chi connectivity index (χ4n) is 5.29. The molecular formula is C21H32O4. The molecule has 2 aliphatic rings. The molecule has 0 radical (unpaired) electrons. The van der Waals surface area contributed by atoms with E-state index in [1.165, 1.54) is 5.56 Å². The van der Waals surface area contributed by atoms with Gasteiger partial charge in [0.05, 0.1) is 13.2 Å². The summed E-state index contributed by atoms with van der Waals surface area (Å²) in [7, 11) is 3.36. The lowest BCUT2D eigenvalue weighted by atomic mass is 9.58. The Morgan fingerprint density at radius 3 is 2.56 bits per heavy atom. The number of aliphatic hydroxyl groups excluding tert-OH is 1. The molecule has 1 aromatic rings. The summed E-state index contributed by atoms with van der Waals surface area (Å²) in [6, 6.07) is 8.54. The second-order valence-electron chi connectivity index (χ2n) is 7.89. The van der Waals surface area contributed by atoms with E-state index >= 15 is 0 Å².